The fourth-order valence-corrected chi connectivity index (χ4v) is 5.29. The molecule has 2 aliphatic heterocycles. The Kier molecular flexibility index (Phi) is 5.07. The topological polar surface area (TPSA) is 93.4 Å². The minimum atomic E-state index is -0.286. The lowest BCUT2D eigenvalue weighted by Gasteiger charge is -2.39. The van der Waals surface area contributed by atoms with E-state index in [2.05, 4.69) is 24.1 Å². The number of ether oxygens (including phenoxy) is 1. The van der Waals surface area contributed by atoms with E-state index in [1.807, 2.05) is 24.3 Å². The molecule has 7 nitrogen and oxygen atoms in total. The summed E-state index contributed by atoms with van der Waals surface area (Å²) >= 11 is 0. The van der Waals surface area contributed by atoms with E-state index in [9.17, 15) is 4.79 Å². The molecule has 7 heteroatoms. The minimum absolute atomic E-state index is 0.0981. The van der Waals surface area contributed by atoms with Crippen LogP contribution in [0.2, 0.25) is 0 Å². The third-order valence-electron chi connectivity index (χ3n) is 6.82. The summed E-state index contributed by atoms with van der Waals surface area (Å²) in [6.45, 7) is 6.17. The van der Waals surface area contributed by atoms with Gasteiger partial charge in [0, 0.05) is 42.3 Å². The fraction of sp³-hybridized carbons (Fsp3) is 0.480. The summed E-state index contributed by atoms with van der Waals surface area (Å²) in [7, 11) is 1.65. The monoisotopic (exact) mass is 433 g/mol. The summed E-state index contributed by atoms with van der Waals surface area (Å²) in [6.07, 6.45) is 4.83. The maximum Gasteiger partial charge on any atom is 0.229 e. The lowest BCUT2D eigenvalue weighted by atomic mass is 9.69. The number of Topliss-reactive ketones (excluding diaryl/α,β-unsaturated/α-hetero) is 1. The number of aromatic nitrogens is 2. The first-order valence-electron chi connectivity index (χ1n) is 11.5. The molecule has 1 saturated heterocycles. The third kappa shape index (κ3) is 3.59. The zero-order chi connectivity index (χ0) is 22.5. The second-order valence-corrected chi connectivity index (χ2v) is 9.88. The van der Waals surface area contributed by atoms with Crippen LogP contribution in [0.4, 0.5) is 17.6 Å². The number of anilines is 3. The number of methoxy groups -OCH3 is 1. The van der Waals surface area contributed by atoms with Crippen LogP contribution in [-0.4, -0.2) is 36.0 Å². The first-order valence-corrected chi connectivity index (χ1v) is 11.5. The van der Waals surface area contributed by atoms with E-state index in [4.69, 9.17) is 20.4 Å². The standard InChI is InChI=1S/C25H31N5O2/c1-25(2)13-17-20(18(31)14-25)19(15-7-9-16(32-3)10-8-15)21-22(26)28-24(29-23(21)27-17)30-11-5-4-6-12-30/h7-10,19H,4-6,11-14H2,1-3H3,(H3,26,27,28,29). The zero-order valence-corrected chi connectivity index (χ0v) is 19.1. The van der Waals surface area contributed by atoms with Crippen molar-refractivity contribution in [3.05, 3.63) is 46.7 Å². The molecule has 1 atom stereocenters. The van der Waals surface area contributed by atoms with Gasteiger partial charge in [0.25, 0.3) is 0 Å². The minimum Gasteiger partial charge on any atom is -0.497 e. The van der Waals surface area contributed by atoms with Gasteiger partial charge in [-0.15, -0.1) is 0 Å². The van der Waals surface area contributed by atoms with Crippen LogP contribution in [0.3, 0.4) is 0 Å². The second kappa shape index (κ2) is 7.80. The van der Waals surface area contributed by atoms with Crippen LogP contribution in [0.15, 0.2) is 35.5 Å². The van der Waals surface area contributed by atoms with E-state index in [1.165, 1.54) is 6.42 Å². The molecular formula is C25H31N5O2. The highest BCUT2D eigenvalue weighted by atomic mass is 16.5. The highest BCUT2D eigenvalue weighted by Crippen LogP contribution is 2.50. The molecule has 2 aromatic rings. The van der Waals surface area contributed by atoms with E-state index in [0.29, 0.717) is 18.2 Å². The Balaban J connectivity index is 1.66. The van der Waals surface area contributed by atoms with Gasteiger partial charge in [-0.2, -0.15) is 9.97 Å². The van der Waals surface area contributed by atoms with Gasteiger partial charge in [-0.3, -0.25) is 4.79 Å². The number of nitrogens with two attached hydrogens (primary N) is 1. The number of piperidine rings is 1. The Morgan fingerprint density at radius 2 is 1.81 bits per heavy atom. The predicted octanol–water partition coefficient (Wildman–Crippen LogP) is 4.26. The van der Waals surface area contributed by atoms with E-state index >= 15 is 0 Å². The number of hydrogen-bond acceptors (Lipinski definition) is 7. The Hall–Kier alpha value is -3.09. The average molecular weight is 434 g/mol. The van der Waals surface area contributed by atoms with Gasteiger partial charge in [-0.1, -0.05) is 26.0 Å². The van der Waals surface area contributed by atoms with Gasteiger partial charge in [0.15, 0.2) is 5.78 Å². The van der Waals surface area contributed by atoms with Crippen molar-refractivity contribution >= 4 is 23.4 Å². The number of carbonyl (C=O) groups excluding carboxylic acids is 1. The molecule has 0 radical (unpaired) electrons. The maximum absolute atomic E-state index is 13.4. The molecule has 0 bridgehead atoms. The van der Waals surface area contributed by atoms with Gasteiger partial charge >= 0.3 is 0 Å². The number of hydrogen-bond donors (Lipinski definition) is 2. The molecule has 168 valence electrons. The van der Waals surface area contributed by atoms with Gasteiger partial charge < -0.3 is 20.7 Å². The summed E-state index contributed by atoms with van der Waals surface area (Å²) < 4.78 is 5.34. The van der Waals surface area contributed by atoms with Crippen molar-refractivity contribution in [1.82, 2.24) is 9.97 Å². The van der Waals surface area contributed by atoms with Crippen LogP contribution in [0.25, 0.3) is 0 Å². The molecule has 1 unspecified atom stereocenters. The molecule has 1 aromatic heterocycles. The predicted molar refractivity (Wildman–Crippen MR) is 126 cm³/mol. The molecule has 1 aliphatic carbocycles. The average Bonchev–Trinajstić information content (AvgIpc) is 2.77. The van der Waals surface area contributed by atoms with Crippen molar-refractivity contribution in [2.45, 2.75) is 51.9 Å². The molecule has 32 heavy (non-hydrogen) atoms. The second-order valence-electron chi connectivity index (χ2n) is 9.88. The summed E-state index contributed by atoms with van der Waals surface area (Å²) in [5.74, 6) is 2.49. The van der Waals surface area contributed by atoms with Crippen LogP contribution in [0, 0.1) is 5.41 Å². The number of fused-ring (bicyclic) bond motifs is 1. The van der Waals surface area contributed by atoms with E-state index in [1.54, 1.807) is 7.11 Å². The van der Waals surface area contributed by atoms with Crippen molar-refractivity contribution < 1.29 is 9.53 Å². The van der Waals surface area contributed by atoms with Crippen LogP contribution in [0.1, 0.15) is 63.0 Å². The normalized spacial score (nSPS) is 22.2. The molecule has 3 N–H and O–H groups in total. The molecule has 0 spiro atoms. The van der Waals surface area contributed by atoms with Crippen molar-refractivity contribution in [1.29, 1.82) is 0 Å². The smallest absolute Gasteiger partial charge is 0.229 e. The van der Waals surface area contributed by atoms with E-state index < -0.39 is 0 Å². The summed E-state index contributed by atoms with van der Waals surface area (Å²) in [6, 6.07) is 7.86. The highest BCUT2D eigenvalue weighted by Gasteiger charge is 2.42. The summed E-state index contributed by atoms with van der Waals surface area (Å²) in [5.41, 5.74) is 10.0. The molecule has 1 aromatic carbocycles. The molecule has 5 rings (SSSR count). The quantitative estimate of drug-likeness (QED) is 0.747. The molecular weight excluding hydrogens is 402 g/mol. The SMILES string of the molecule is COc1ccc(C2C3=C(CC(C)(C)CC3=O)Nc3nc(N4CCCCC4)nc(N)c32)cc1. The van der Waals surface area contributed by atoms with Gasteiger partial charge in [0.1, 0.15) is 17.4 Å². The van der Waals surface area contributed by atoms with Gasteiger partial charge in [0.2, 0.25) is 5.95 Å². The third-order valence-corrected chi connectivity index (χ3v) is 6.82. The lowest BCUT2D eigenvalue weighted by molar-refractivity contribution is -0.118. The van der Waals surface area contributed by atoms with Crippen LogP contribution in [0.5, 0.6) is 5.75 Å². The van der Waals surface area contributed by atoms with Crippen LogP contribution < -0.4 is 20.7 Å². The largest absolute Gasteiger partial charge is 0.497 e. The molecule has 0 saturated carbocycles. The molecule has 0 amide bonds. The number of ketones is 1. The Morgan fingerprint density at radius 1 is 1.09 bits per heavy atom. The lowest BCUT2D eigenvalue weighted by Crippen LogP contribution is -2.36. The van der Waals surface area contributed by atoms with Crippen molar-refractivity contribution in [3.63, 3.8) is 0 Å². The number of carbonyl (C=O) groups is 1. The molecule has 3 aliphatic rings. The molecule has 3 heterocycles. The summed E-state index contributed by atoms with van der Waals surface area (Å²) in [4.78, 5) is 25.2. The highest BCUT2D eigenvalue weighted by molar-refractivity contribution is 6.02. The van der Waals surface area contributed by atoms with Crippen molar-refractivity contribution in [2.75, 3.05) is 36.1 Å². The number of benzene rings is 1. The maximum atomic E-state index is 13.4. The first kappa shape index (κ1) is 20.8. The van der Waals surface area contributed by atoms with Crippen LogP contribution in [-0.2, 0) is 4.79 Å². The van der Waals surface area contributed by atoms with E-state index in [-0.39, 0.29) is 17.1 Å². The Labute approximate surface area is 189 Å². The number of nitrogens with zero attached hydrogens (tertiary/aromatic N) is 3. The summed E-state index contributed by atoms with van der Waals surface area (Å²) in [5, 5.41) is 3.50. The zero-order valence-electron chi connectivity index (χ0n) is 19.1. The number of nitrogens with one attached hydrogen (secondary N) is 1. The van der Waals surface area contributed by atoms with Gasteiger partial charge in [-0.05, 0) is 48.8 Å². The molecule has 1 fully saturated rings. The Bertz CT molecular complexity index is 1080. The van der Waals surface area contributed by atoms with Crippen LogP contribution >= 0.6 is 0 Å². The number of allylic oxidation sites excluding steroid dienone is 2. The number of rotatable bonds is 3. The first-order chi connectivity index (χ1) is 15.4. The van der Waals surface area contributed by atoms with E-state index in [0.717, 1.165) is 66.3 Å². The van der Waals surface area contributed by atoms with Crippen molar-refractivity contribution in [3.8, 4) is 5.75 Å². The fourth-order valence-electron chi connectivity index (χ4n) is 5.29. The van der Waals surface area contributed by atoms with Gasteiger partial charge in [-0.25, -0.2) is 0 Å². The van der Waals surface area contributed by atoms with Gasteiger partial charge in [0.05, 0.1) is 7.11 Å². The number of nitrogen functional groups attached to an aromatic ring is 1. The Morgan fingerprint density at radius 3 is 2.50 bits per heavy atom. The van der Waals surface area contributed by atoms with Crippen molar-refractivity contribution in [2.24, 2.45) is 5.41 Å².